The van der Waals surface area contributed by atoms with E-state index >= 15 is 0 Å². The van der Waals surface area contributed by atoms with Gasteiger partial charge < -0.3 is 9.47 Å². The van der Waals surface area contributed by atoms with Gasteiger partial charge in [0, 0.05) is 5.92 Å². The summed E-state index contributed by atoms with van der Waals surface area (Å²) in [5.74, 6) is 0.768. The zero-order valence-electron chi connectivity index (χ0n) is 16.1. The molecule has 4 rings (SSSR count). The van der Waals surface area contributed by atoms with Gasteiger partial charge in [-0.05, 0) is 36.2 Å². The van der Waals surface area contributed by atoms with E-state index in [1.807, 2.05) is 6.08 Å². The molecule has 2 bridgehead atoms. The number of hydrogen-bond donors (Lipinski definition) is 0. The Morgan fingerprint density at radius 3 is 2.54 bits per heavy atom. The Balaban J connectivity index is 1.52. The Labute approximate surface area is 156 Å². The maximum Gasteiger partial charge on any atom is 0.312 e. The first-order chi connectivity index (χ1) is 12.4. The van der Waals surface area contributed by atoms with E-state index in [1.165, 1.54) is 12.0 Å². The van der Waals surface area contributed by atoms with E-state index in [9.17, 15) is 4.79 Å². The van der Waals surface area contributed by atoms with Crippen LogP contribution < -0.4 is 0 Å². The quantitative estimate of drug-likeness (QED) is 0.583. The van der Waals surface area contributed by atoms with Gasteiger partial charge in [0.15, 0.2) is 0 Å². The monoisotopic (exact) mass is 354 g/mol. The zero-order chi connectivity index (χ0) is 18.3. The highest BCUT2D eigenvalue weighted by Gasteiger charge is 2.46. The maximum absolute atomic E-state index is 12.9. The predicted octanol–water partition coefficient (Wildman–Crippen LogP) is 4.66. The lowest BCUT2D eigenvalue weighted by Gasteiger charge is -2.44. The molecule has 140 valence electrons. The summed E-state index contributed by atoms with van der Waals surface area (Å²) in [7, 11) is 0. The van der Waals surface area contributed by atoms with Crippen LogP contribution in [-0.2, 0) is 19.7 Å². The molecular formula is C23H30O3. The molecule has 0 spiro atoms. The Hall–Kier alpha value is -1.61. The molecule has 0 N–H and O–H groups in total. The number of benzene rings is 1. The lowest BCUT2D eigenvalue weighted by Crippen LogP contribution is -2.44. The molecule has 2 fully saturated rings. The van der Waals surface area contributed by atoms with Gasteiger partial charge in [0.25, 0.3) is 0 Å². The van der Waals surface area contributed by atoms with Crippen LogP contribution in [0.3, 0.4) is 0 Å². The summed E-state index contributed by atoms with van der Waals surface area (Å²) in [6.45, 7) is 6.87. The Morgan fingerprint density at radius 1 is 1.12 bits per heavy atom. The number of carbonyl (C=O) groups excluding carboxylic acids is 1. The van der Waals surface area contributed by atoms with Gasteiger partial charge in [-0.1, -0.05) is 69.7 Å². The number of esters is 1. The van der Waals surface area contributed by atoms with Crippen molar-refractivity contribution < 1.29 is 14.3 Å². The maximum atomic E-state index is 12.9. The molecule has 3 nitrogen and oxygen atoms in total. The molecule has 0 radical (unpaired) electrons. The Bertz CT molecular complexity index is 678. The first-order valence-electron chi connectivity index (χ1n) is 10.0. The minimum absolute atomic E-state index is 0.00966. The van der Waals surface area contributed by atoms with Gasteiger partial charge in [0.1, 0.15) is 6.10 Å². The molecule has 3 heteroatoms. The SMILES string of the molecule is C[C@@H]1CC[C@@H](C(C)(C)c2ccccc2)[C@H](OC(=O)[C@@H]2C[C@H]3C=C[C@@H]2O3)C1. The molecule has 6 atom stereocenters. The van der Waals surface area contributed by atoms with Crippen molar-refractivity contribution in [2.45, 2.75) is 70.2 Å². The number of rotatable bonds is 4. The molecule has 0 aromatic heterocycles. The Morgan fingerprint density at radius 2 is 1.88 bits per heavy atom. The molecular weight excluding hydrogens is 324 g/mol. The summed E-state index contributed by atoms with van der Waals surface area (Å²) in [6, 6.07) is 10.7. The normalized spacial score (nSPS) is 36.3. The first kappa shape index (κ1) is 17.8. The zero-order valence-corrected chi connectivity index (χ0v) is 16.1. The van der Waals surface area contributed by atoms with E-state index < -0.39 is 0 Å². The standard InChI is InChI=1S/C23H30O3/c1-15-9-11-19(23(2,3)16-7-5-4-6-8-16)21(13-15)26-22(24)18-14-17-10-12-20(18)25-17/h4-8,10,12,15,17-21H,9,11,13-14H2,1-3H3/t15-,17-,18-,19-,20+,21-/m1/s1. The summed E-state index contributed by atoms with van der Waals surface area (Å²) >= 11 is 0. The van der Waals surface area contributed by atoms with Crippen LogP contribution in [0.5, 0.6) is 0 Å². The van der Waals surface area contributed by atoms with Crippen molar-refractivity contribution in [2.75, 3.05) is 0 Å². The van der Waals surface area contributed by atoms with E-state index in [4.69, 9.17) is 9.47 Å². The van der Waals surface area contributed by atoms with Crippen LogP contribution in [0.25, 0.3) is 0 Å². The molecule has 1 saturated carbocycles. The molecule has 26 heavy (non-hydrogen) atoms. The topological polar surface area (TPSA) is 35.5 Å². The third-order valence-electron chi connectivity index (χ3n) is 6.80. The van der Waals surface area contributed by atoms with E-state index in [2.05, 4.69) is 57.2 Å². The second-order valence-electron chi connectivity index (χ2n) is 8.95. The van der Waals surface area contributed by atoms with E-state index in [1.54, 1.807) is 0 Å². The summed E-state index contributed by atoms with van der Waals surface area (Å²) in [5, 5.41) is 0. The average Bonchev–Trinajstić information content (AvgIpc) is 3.26. The smallest absolute Gasteiger partial charge is 0.312 e. The van der Waals surface area contributed by atoms with Crippen LogP contribution >= 0.6 is 0 Å². The fourth-order valence-corrected chi connectivity index (χ4v) is 5.11. The van der Waals surface area contributed by atoms with Crippen molar-refractivity contribution in [3.05, 3.63) is 48.0 Å². The van der Waals surface area contributed by atoms with Gasteiger partial charge in [0.2, 0.25) is 0 Å². The van der Waals surface area contributed by atoms with Crippen LogP contribution in [0.4, 0.5) is 0 Å². The third-order valence-corrected chi connectivity index (χ3v) is 6.80. The molecule has 0 unspecified atom stereocenters. The van der Waals surface area contributed by atoms with Crippen LogP contribution in [0.1, 0.15) is 52.0 Å². The summed E-state index contributed by atoms with van der Waals surface area (Å²) in [4.78, 5) is 12.9. The average molecular weight is 354 g/mol. The molecule has 3 aliphatic rings. The van der Waals surface area contributed by atoms with Crippen LogP contribution in [0.2, 0.25) is 0 Å². The van der Waals surface area contributed by atoms with Crippen molar-refractivity contribution in [2.24, 2.45) is 17.8 Å². The van der Waals surface area contributed by atoms with E-state index in [-0.39, 0.29) is 35.6 Å². The summed E-state index contributed by atoms with van der Waals surface area (Å²) in [6.07, 6.45) is 8.16. The van der Waals surface area contributed by atoms with Gasteiger partial charge in [-0.3, -0.25) is 4.79 Å². The largest absolute Gasteiger partial charge is 0.462 e. The molecule has 1 saturated heterocycles. The van der Waals surface area contributed by atoms with Crippen LogP contribution in [-0.4, -0.2) is 24.3 Å². The molecule has 0 amide bonds. The minimum Gasteiger partial charge on any atom is -0.462 e. The predicted molar refractivity (Wildman–Crippen MR) is 102 cm³/mol. The third kappa shape index (κ3) is 3.22. The fraction of sp³-hybridized carbons (Fsp3) is 0.609. The molecule has 1 aromatic carbocycles. The summed E-state index contributed by atoms with van der Waals surface area (Å²) < 4.78 is 11.9. The van der Waals surface area contributed by atoms with Crippen LogP contribution in [0.15, 0.2) is 42.5 Å². The molecule has 1 aromatic rings. The van der Waals surface area contributed by atoms with Crippen molar-refractivity contribution in [3.8, 4) is 0 Å². The van der Waals surface area contributed by atoms with Crippen molar-refractivity contribution >= 4 is 5.97 Å². The second kappa shape index (κ2) is 6.84. The van der Waals surface area contributed by atoms with Gasteiger partial charge in [-0.15, -0.1) is 0 Å². The number of carbonyl (C=O) groups is 1. The first-order valence-corrected chi connectivity index (χ1v) is 10.0. The highest BCUT2D eigenvalue weighted by atomic mass is 16.6. The number of ether oxygens (including phenoxy) is 2. The summed E-state index contributed by atoms with van der Waals surface area (Å²) in [5.41, 5.74) is 1.31. The van der Waals surface area contributed by atoms with Crippen molar-refractivity contribution in [3.63, 3.8) is 0 Å². The Kier molecular flexibility index (Phi) is 4.68. The van der Waals surface area contributed by atoms with E-state index in [0.717, 1.165) is 19.3 Å². The lowest BCUT2D eigenvalue weighted by molar-refractivity contribution is -0.162. The minimum atomic E-state index is -0.122. The van der Waals surface area contributed by atoms with Gasteiger partial charge >= 0.3 is 5.97 Å². The van der Waals surface area contributed by atoms with E-state index in [0.29, 0.717) is 11.8 Å². The number of fused-ring (bicyclic) bond motifs is 2. The molecule has 2 aliphatic heterocycles. The molecule has 1 aliphatic carbocycles. The molecule has 2 heterocycles. The van der Waals surface area contributed by atoms with Crippen LogP contribution in [0, 0.1) is 17.8 Å². The highest BCUT2D eigenvalue weighted by molar-refractivity contribution is 5.74. The fourth-order valence-electron chi connectivity index (χ4n) is 5.11. The van der Waals surface area contributed by atoms with Gasteiger partial charge in [0.05, 0.1) is 18.1 Å². The second-order valence-corrected chi connectivity index (χ2v) is 8.95. The van der Waals surface area contributed by atoms with Gasteiger partial charge in [-0.2, -0.15) is 0 Å². The number of hydrogen-bond acceptors (Lipinski definition) is 3. The lowest BCUT2D eigenvalue weighted by atomic mass is 9.64. The highest BCUT2D eigenvalue weighted by Crippen LogP contribution is 2.44. The van der Waals surface area contributed by atoms with Crippen molar-refractivity contribution in [1.82, 2.24) is 0 Å². The van der Waals surface area contributed by atoms with Gasteiger partial charge in [-0.25, -0.2) is 0 Å². The van der Waals surface area contributed by atoms with Crippen molar-refractivity contribution in [1.29, 1.82) is 0 Å².